The molecule has 3 rings (SSSR count). The predicted octanol–water partition coefficient (Wildman–Crippen LogP) is 3.95. The van der Waals surface area contributed by atoms with Crippen LogP contribution in [0.25, 0.3) is 0 Å². The number of rotatable bonds is 8. The van der Waals surface area contributed by atoms with Crippen molar-refractivity contribution in [1.82, 2.24) is 10.3 Å². The van der Waals surface area contributed by atoms with Gasteiger partial charge in [-0.15, -0.1) is 0 Å². The molecule has 0 aliphatic heterocycles. The van der Waals surface area contributed by atoms with E-state index in [4.69, 9.17) is 0 Å². The van der Waals surface area contributed by atoms with Gasteiger partial charge in [0.1, 0.15) is 0 Å². The number of hydrogen-bond donors (Lipinski definition) is 2. The Morgan fingerprint density at radius 2 is 1.26 bits per heavy atom. The lowest BCUT2D eigenvalue weighted by atomic mass is 9.85. The maximum atomic E-state index is 13.8. The molecule has 6 nitrogen and oxygen atoms in total. The Kier molecular flexibility index (Phi) is 8.21. The molecular formula is C28H33N3O3. The van der Waals surface area contributed by atoms with Crippen molar-refractivity contribution in [1.29, 1.82) is 0 Å². The van der Waals surface area contributed by atoms with Gasteiger partial charge in [0, 0.05) is 0 Å². The maximum Gasteiger partial charge on any atom is 0.280 e. The molecule has 0 saturated heterocycles. The zero-order valence-corrected chi connectivity index (χ0v) is 20.3. The summed E-state index contributed by atoms with van der Waals surface area (Å²) in [4.78, 5) is 29.0. The van der Waals surface area contributed by atoms with Crippen molar-refractivity contribution in [2.75, 3.05) is 24.6 Å². The summed E-state index contributed by atoms with van der Waals surface area (Å²) in [5.41, 5.74) is 4.10. The summed E-state index contributed by atoms with van der Waals surface area (Å²) >= 11 is 0. The minimum absolute atomic E-state index is 0.135. The van der Waals surface area contributed by atoms with Crippen molar-refractivity contribution in [3.05, 3.63) is 101 Å². The molecule has 0 aliphatic carbocycles. The molecule has 0 atom stereocenters. The number of hydrogen-bond acceptors (Lipinski definition) is 4. The fraction of sp³-hybridized carbons (Fsp3) is 0.286. The minimum atomic E-state index is -2.00. The van der Waals surface area contributed by atoms with Gasteiger partial charge in [-0.05, 0) is 50.2 Å². The molecule has 0 unspecified atom stereocenters. The van der Waals surface area contributed by atoms with Crippen molar-refractivity contribution in [2.24, 2.45) is 0 Å². The summed E-state index contributed by atoms with van der Waals surface area (Å²) in [6.07, 6.45) is 0. The molecule has 0 aliphatic rings. The van der Waals surface area contributed by atoms with E-state index in [9.17, 15) is 14.7 Å². The third kappa shape index (κ3) is 5.53. The molecule has 34 heavy (non-hydrogen) atoms. The number of benzene rings is 3. The second kappa shape index (κ2) is 11.1. The van der Waals surface area contributed by atoms with Gasteiger partial charge in [-0.25, -0.2) is 5.01 Å². The SMILES string of the molecule is CCN(CC)CC(=O)N(NC(=O)C(O)(c1ccc(C)cc1)c1ccc(C)cc1)c1ccccc1. The van der Waals surface area contributed by atoms with Gasteiger partial charge < -0.3 is 5.11 Å². The second-order valence-electron chi connectivity index (χ2n) is 8.41. The van der Waals surface area contributed by atoms with Crippen molar-refractivity contribution in [3.63, 3.8) is 0 Å². The van der Waals surface area contributed by atoms with E-state index in [0.717, 1.165) is 11.1 Å². The van der Waals surface area contributed by atoms with Crippen LogP contribution in [0.1, 0.15) is 36.1 Å². The van der Waals surface area contributed by atoms with Crippen LogP contribution in [0.2, 0.25) is 0 Å². The maximum absolute atomic E-state index is 13.8. The largest absolute Gasteiger partial charge is 0.372 e. The van der Waals surface area contributed by atoms with Crippen molar-refractivity contribution >= 4 is 17.5 Å². The van der Waals surface area contributed by atoms with Crippen LogP contribution in [-0.4, -0.2) is 41.5 Å². The fourth-order valence-corrected chi connectivity index (χ4v) is 3.76. The average Bonchev–Trinajstić information content (AvgIpc) is 2.86. The van der Waals surface area contributed by atoms with E-state index < -0.39 is 11.5 Å². The number of nitrogens with zero attached hydrogens (tertiary/aromatic N) is 2. The van der Waals surface area contributed by atoms with Crippen LogP contribution < -0.4 is 10.4 Å². The first-order valence-corrected chi connectivity index (χ1v) is 11.6. The molecule has 0 spiro atoms. The third-order valence-electron chi connectivity index (χ3n) is 6.00. The van der Waals surface area contributed by atoms with Crippen molar-refractivity contribution in [3.8, 4) is 0 Å². The van der Waals surface area contributed by atoms with E-state index >= 15 is 0 Å². The van der Waals surface area contributed by atoms with Gasteiger partial charge in [-0.2, -0.15) is 0 Å². The highest BCUT2D eigenvalue weighted by atomic mass is 16.3. The van der Waals surface area contributed by atoms with Gasteiger partial charge in [0.05, 0.1) is 12.2 Å². The van der Waals surface area contributed by atoms with Crippen LogP contribution in [0.3, 0.4) is 0 Å². The lowest BCUT2D eigenvalue weighted by Crippen LogP contribution is -2.56. The summed E-state index contributed by atoms with van der Waals surface area (Å²) in [5.74, 6) is -1.00. The molecule has 2 N–H and O–H groups in total. The zero-order valence-electron chi connectivity index (χ0n) is 20.3. The summed E-state index contributed by atoms with van der Waals surface area (Å²) < 4.78 is 0. The number of aryl methyl sites for hydroxylation is 2. The van der Waals surface area contributed by atoms with Crippen LogP contribution in [0, 0.1) is 13.8 Å². The number of para-hydroxylation sites is 1. The highest BCUT2D eigenvalue weighted by Gasteiger charge is 2.41. The molecule has 6 heteroatoms. The van der Waals surface area contributed by atoms with E-state index in [2.05, 4.69) is 5.43 Å². The third-order valence-corrected chi connectivity index (χ3v) is 6.00. The Bertz CT molecular complexity index is 1050. The number of amides is 2. The predicted molar refractivity (Wildman–Crippen MR) is 135 cm³/mol. The van der Waals surface area contributed by atoms with E-state index in [1.807, 2.05) is 62.9 Å². The molecule has 0 radical (unpaired) electrons. The summed E-state index contributed by atoms with van der Waals surface area (Å²) in [6, 6.07) is 23.3. The molecule has 0 saturated carbocycles. The second-order valence-corrected chi connectivity index (χ2v) is 8.41. The van der Waals surface area contributed by atoms with Gasteiger partial charge in [0.2, 0.25) is 0 Å². The normalized spacial score (nSPS) is 11.4. The molecule has 0 heterocycles. The molecule has 0 bridgehead atoms. The smallest absolute Gasteiger partial charge is 0.280 e. The minimum Gasteiger partial charge on any atom is -0.372 e. The Morgan fingerprint density at radius 1 is 0.794 bits per heavy atom. The van der Waals surface area contributed by atoms with Crippen LogP contribution in [0.4, 0.5) is 5.69 Å². The van der Waals surface area contributed by atoms with E-state index in [1.165, 1.54) is 5.01 Å². The summed E-state index contributed by atoms with van der Waals surface area (Å²) in [7, 11) is 0. The van der Waals surface area contributed by atoms with Crippen LogP contribution in [0.15, 0.2) is 78.9 Å². The number of aliphatic hydroxyl groups is 1. The first-order chi connectivity index (χ1) is 16.3. The van der Waals surface area contributed by atoms with E-state index in [0.29, 0.717) is 29.9 Å². The van der Waals surface area contributed by atoms with Gasteiger partial charge in [-0.3, -0.25) is 19.9 Å². The quantitative estimate of drug-likeness (QED) is 0.501. The molecule has 3 aromatic rings. The lowest BCUT2D eigenvalue weighted by Gasteiger charge is -2.33. The highest BCUT2D eigenvalue weighted by Crippen LogP contribution is 2.31. The Labute approximate surface area is 201 Å². The molecule has 3 aromatic carbocycles. The Hall–Kier alpha value is -3.48. The number of carbonyl (C=O) groups excluding carboxylic acids is 2. The number of anilines is 1. The number of nitrogens with one attached hydrogen (secondary N) is 1. The topological polar surface area (TPSA) is 72.9 Å². The van der Waals surface area contributed by atoms with Crippen molar-refractivity contribution in [2.45, 2.75) is 33.3 Å². The van der Waals surface area contributed by atoms with Gasteiger partial charge in [0.15, 0.2) is 5.60 Å². The van der Waals surface area contributed by atoms with Gasteiger partial charge >= 0.3 is 0 Å². The summed E-state index contributed by atoms with van der Waals surface area (Å²) in [6.45, 7) is 9.39. The Balaban J connectivity index is 2.03. The monoisotopic (exact) mass is 459 g/mol. The van der Waals surface area contributed by atoms with Crippen LogP contribution >= 0.6 is 0 Å². The van der Waals surface area contributed by atoms with Gasteiger partial charge in [0.25, 0.3) is 11.8 Å². The number of hydrazine groups is 1. The molecule has 2 amide bonds. The van der Waals surface area contributed by atoms with Crippen molar-refractivity contribution < 1.29 is 14.7 Å². The van der Waals surface area contributed by atoms with Gasteiger partial charge in [-0.1, -0.05) is 91.7 Å². The molecule has 0 fully saturated rings. The summed E-state index contributed by atoms with van der Waals surface area (Å²) in [5, 5.41) is 13.1. The first-order valence-electron chi connectivity index (χ1n) is 11.6. The van der Waals surface area contributed by atoms with Crippen LogP contribution in [0.5, 0.6) is 0 Å². The average molecular weight is 460 g/mol. The highest BCUT2D eigenvalue weighted by molar-refractivity contribution is 6.00. The first kappa shape index (κ1) is 25.1. The molecule has 0 aromatic heterocycles. The zero-order chi connectivity index (χ0) is 24.7. The fourth-order valence-electron chi connectivity index (χ4n) is 3.76. The van der Waals surface area contributed by atoms with Crippen LogP contribution in [-0.2, 0) is 15.2 Å². The molecule has 178 valence electrons. The Morgan fingerprint density at radius 3 is 1.71 bits per heavy atom. The molecular weight excluding hydrogens is 426 g/mol. The lowest BCUT2D eigenvalue weighted by molar-refractivity contribution is -0.138. The van der Waals surface area contributed by atoms with E-state index in [1.54, 1.807) is 48.5 Å². The van der Waals surface area contributed by atoms with E-state index in [-0.39, 0.29) is 12.5 Å². The standard InChI is InChI=1S/C28H33N3O3/c1-5-30(6-2)20-26(32)31(25-10-8-7-9-11-25)29-27(33)28(34,23-16-12-21(3)13-17-23)24-18-14-22(4)15-19-24/h7-19,34H,5-6,20H2,1-4H3,(H,29,33). The number of carbonyl (C=O) groups is 2. The number of likely N-dealkylation sites (N-methyl/N-ethyl adjacent to an activating group) is 1.